The zero-order valence-electron chi connectivity index (χ0n) is 10.6. The maximum Gasteiger partial charge on any atom is 0.163 e. The first-order chi connectivity index (χ1) is 9.33. The van der Waals surface area contributed by atoms with Gasteiger partial charge >= 0.3 is 0 Å². The molecule has 1 aliphatic carbocycles. The summed E-state index contributed by atoms with van der Waals surface area (Å²) in [5, 5.41) is 0. The fourth-order valence-electron chi connectivity index (χ4n) is 2.39. The first-order valence-corrected chi connectivity index (χ1v) is 6.51. The number of rotatable bonds is 4. The molecule has 1 heterocycles. The van der Waals surface area contributed by atoms with Crippen molar-refractivity contribution in [2.75, 3.05) is 6.61 Å². The number of benzene rings is 1. The monoisotopic (exact) mass is 253 g/mol. The van der Waals surface area contributed by atoms with Crippen LogP contribution in [0, 0.1) is 0 Å². The summed E-state index contributed by atoms with van der Waals surface area (Å²) in [6.45, 7) is 0.636. The van der Waals surface area contributed by atoms with Gasteiger partial charge in [0.2, 0.25) is 0 Å². The number of hydrogen-bond donors (Lipinski definition) is 0. The van der Waals surface area contributed by atoms with E-state index in [-0.39, 0.29) is 5.78 Å². The number of aryl methyl sites for hydroxylation is 1. The molecule has 19 heavy (non-hydrogen) atoms. The molecule has 3 rings (SSSR count). The molecule has 1 aromatic heterocycles. The van der Waals surface area contributed by atoms with Crippen molar-refractivity contribution < 1.29 is 9.53 Å². The van der Waals surface area contributed by atoms with Gasteiger partial charge in [-0.3, -0.25) is 9.78 Å². The van der Waals surface area contributed by atoms with E-state index in [1.54, 1.807) is 12.4 Å². The van der Waals surface area contributed by atoms with Crippen LogP contribution in [0.25, 0.3) is 0 Å². The highest BCUT2D eigenvalue weighted by Gasteiger charge is 2.18. The number of ketones is 1. The van der Waals surface area contributed by atoms with Gasteiger partial charge in [0, 0.05) is 30.8 Å². The van der Waals surface area contributed by atoms with Crippen molar-refractivity contribution in [3.8, 4) is 5.75 Å². The molecule has 2 aromatic rings. The normalized spacial score (nSPS) is 13.4. The molecule has 96 valence electrons. The molecule has 0 fully saturated rings. The quantitative estimate of drug-likeness (QED) is 0.841. The SMILES string of the molecule is O=C1CCc2cc(CCOc3ccncc3)ccc21. The summed E-state index contributed by atoms with van der Waals surface area (Å²) >= 11 is 0. The van der Waals surface area contributed by atoms with Crippen molar-refractivity contribution in [3.05, 3.63) is 59.4 Å². The molecule has 1 aliphatic rings. The Morgan fingerprint density at radius 3 is 2.79 bits per heavy atom. The molecular formula is C16H15NO2. The van der Waals surface area contributed by atoms with Gasteiger partial charge in [-0.1, -0.05) is 18.2 Å². The van der Waals surface area contributed by atoms with E-state index in [0.717, 1.165) is 24.2 Å². The Hall–Kier alpha value is -2.16. The molecule has 0 saturated carbocycles. The smallest absolute Gasteiger partial charge is 0.163 e. The second-order valence-corrected chi connectivity index (χ2v) is 4.70. The second kappa shape index (κ2) is 5.22. The molecular weight excluding hydrogens is 238 g/mol. The van der Waals surface area contributed by atoms with Gasteiger partial charge < -0.3 is 4.74 Å². The van der Waals surface area contributed by atoms with Gasteiger partial charge in [-0.15, -0.1) is 0 Å². The maximum absolute atomic E-state index is 11.5. The van der Waals surface area contributed by atoms with Crippen LogP contribution < -0.4 is 4.74 Å². The lowest BCUT2D eigenvalue weighted by atomic mass is 10.0. The molecule has 0 atom stereocenters. The molecule has 3 heteroatoms. The number of pyridine rings is 1. The molecule has 0 saturated heterocycles. The summed E-state index contributed by atoms with van der Waals surface area (Å²) in [6, 6.07) is 9.81. The summed E-state index contributed by atoms with van der Waals surface area (Å²) in [5.41, 5.74) is 3.31. The fourth-order valence-corrected chi connectivity index (χ4v) is 2.39. The van der Waals surface area contributed by atoms with Crippen molar-refractivity contribution in [1.82, 2.24) is 4.98 Å². The van der Waals surface area contributed by atoms with Crippen LogP contribution in [-0.4, -0.2) is 17.4 Å². The van der Waals surface area contributed by atoms with Crippen molar-refractivity contribution in [1.29, 1.82) is 0 Å². The lowest BCUT2D eigenvalue weighted by molar-refractivity contribution is 0.0994. The second-order valence-electron chi connectivity index (χ2n) is 4.70. The Morgan fingerprint density at radius 2 is 1.95 bits per heavy atom. The van der Waals surface area contributed by atoms with Crippen LogP contribution >= 0.6 is 0 Å². The van der Waals surface area contributed by atoms with Crippen molar-refractivity contribution in [2.24, 2.45) is 0 Å². The molecule has 1 aromatic carbocycles. The van der Waals surface area contributed by atoms with E-state index in [2.05, 4.69) is 11.1 Å². The lowest BCUT2D eigenvalue weighted by Crippen LogP contribution is -2.02. The number of aromatic nitrogens is 1. The topological polar surface area (TPSA) is 39.2 Å². The predicted octanol–water partition coefficient (Wildman–Crippen LogP) is 2.83. The number of nitrogens with zero attached hydrogens (tertiary/aromatic N) is 1. The van der Waals surface area contributed by atoms with E-state index in [4.69, 9.17) is 4.74 Å². The van der Waals surface area contributed by atoms with Crippen LogP contribution in [-0.2, 0) is 12.8 Å². The van der Waals surface area contributed by atoms with E-state index in [0.29, 0.717) is 13.0 Å². The highest BCUT2D eigenvalue weighted by molar-refractivity contribution is 6.00. The number of fused-ring (bicyclic) bond motifs is 1. The third kappa shape index (κ3) is 2.65. The summed E-state index contributed by atoms with van der Waals surface area (Å²) < 4.78 is 5.64. The van der Waals surface area contributed by atoms with E-state index < -0.39 is 0 Å². The number of carbonyl (C=O) groups is 1. The van der Waals surface area contributed by atoms with Gasteiger partial charge in [-0.25, -0.2) is 0 Å². The third-order valence-electron chi connectivity index (χ3n) is 3.40. The Morgan fingerprint density at radius 1 is 1.11 bits per heavy atom. The molecule has 0 spiro atoms. The molecule has 3 nitrogen and oxygen atoms in total. The number of hydrogen-bond acceptors (Lipinski definition) is 3. The average Bonchev–Trinajstić information content (AvgIpc) is 2.81. The fraction of sp³-hybridized carbons (Fsp3) is 0.250. The zero-order valence-corrected chi connectivity index (χ0v) is 10.6. The summed E-state index contributed by atoms with van der Waals surface area (Å²) in [4.78, 5) is 15.5. The summed E-state index contributed by atoms with van der Waals surface area (Å²) in [7, 11) is 0. The largest absolute Gasteiger partial charge is 0.493 e. The predicted molar refractivity (Wildman–Crippen MR) is 72.5 cm³/mol. The lowest BCUT2D eigenvalue weighted by Gasteiger charge is -2.07. The van der Waals surface area contributed by atoms with Crippen molar-refractivity contribution in [3.63, 3.8) is 0 Å². The van der Waals surface area contributed by atoms with Crippen molar-refractivity contribution in [2.45, 2.75) is 19.3 Å². The molecule has 0 N–H and O–H groups in total. The number of Topliss-reactive ketones (excluding diaryl/α,β-unsaturated/α-hetero) is 1. The summed E-state index contributed by atoms with van der Waals surface area (Å²) in [5.74, 6) is 1.11. The highest BCUT2D eigenvalue weighted by atomic mass is 16.5. The van der Waals surface area contributed by atoms with Crippen LogP contribution in [0.4, 0.5) is 0 Å². The van der Waals surface area contributed by atoms with Crippen LogP contribution in [0.15, 0.2) is 42.7 Å². The molecule has 0 unspecified atom stereocenters. The summed E-state index contributed by atoms with van der Waals surface area (Å²) in [6.07, 6.45) is 5.83. The molecule has 0 aliphatic heterocycles. The minimum Gasteiger partial charge on any atom is -0.493 e. The molecule has 0 amide bonds. The van der Waals surface area contributed by atoms with E-state index in [1.165, 1.54) is 11.1 Å². The highest BCUT2D eigenvalue weighted by Crippen LogP contribution is 2.23. The molecule has 0 radical (unpaired) electrons. The van der Waals surface area contributed by atoms with Gasteiger partial charge in [0.25, 0.3) is 0 Å². The van der Waals surface area contributed by atoms with Crippen LogP contribution in [0.5, 0.6) is 5.75 Å². The van der Waals surface area contributed by atoms with Crippen LogP contribution in [0.1, 0.15) is 27.9 Å². The Kier molecular flexibility index (Phi) is 3.27. The zero-order chi connectivity index (χ0) is 13.1. The Labute approximate surface area is 112 Å². The maximum atomic E-state index is 11.5. The van der Waals surface area contributed by atoms with Crippen LogP contribution in [0.3, 0.4) is 0 Å². The Bertz CT molecular complexity index is 593. The third-order valence-corrected chi connectivity index (χ3v) is 3.40. The average molecular weight is 253 g/mol. The van der Waals surface area contributed by atoms with Gasteiger partial charge in [-0.2, -0.15) is 0 Å². The molecule has 0 bridgehead atoms. The van der Waals surface area contributed by atoms with Gasteiger partial charge in [0.1, 0.15) is 5.75 Å². The minimum absolute atomic E-state index is 0.273. The Balaban J connectivity index is 1.61. The van der Waals surface area contributed by atoms with E-state index >= 15 is 0 Å². The minimum atomic E-state index is 0.273. The van der Waals surface area contributed by atoms with Crippen LogP contribution in [0.2, 0.25) is 0 Å². The van der Waals surface area contributed by atoms with Crippen molar-refractivity contribution >= 4 is 5.78 Å². The van der Waals surface area contributed by atoms with E-state index in [1.807, 2.05) is 24.3 Å². The number of carbonyl (C=O) groups excluding carboxylic acids is 1. The van der Waals surface area contributed by atoms with E-state index in [9.17, 15) is 4.79 Å². The van der Waals surface area contributed by atoms with Gasteiger partial charge in [-0.05, 0) is 29.7 Å². The standard InChI is InChI=1S/C16H15NO2/c18-16-4-2-13-11-12(1-3-15(13)16)7-10-19-14-5-8-17-9-6-14/h1,3,5-6,8-9,11H,2,4,7,10H2. The number of ether oxygens (including phenoxy) is 1. The van der Waals surface area contributed by atoms with Gasteiger partial charge in [0.15, 0.2) is 5.78 Å². The van der Waals surface area contributed by atoms with Gasteiger partial charge in [0.05, 0.1) is 6.61 Å². The first kappa shape index (κ1) is 11.9. The first-order valence-electron chi connectivity index (χ1n) is 6.51.